The van der Waals surface area contributed by atoms with Crippen molar-refractivity contribution >= 4 is 35.1 Å². The molecule has 1 aliphatic heterocycles. The van der Waals surface area contributed by atoms with E-state index in [1.54, 1.807) is 24.3 Å². The van der Waals surface area contributed by atoms with Crippen LogP contribution in [0.1, 0.15) is 55.6 Å². The molecule has 208 valence electrons. The molecule has 2 atom stereocenters. The van der Waals surface area contributed by atoms with Gasteiger partial charge in [0, 0.05) is 17.5 Å². The fourth-order valence-electron chi connectivity index (χ4n) is 6.99. The van der Waals surface area contributed by atoms with Crippen LogP contribution in [0.15, 0.2) is 91.0 Å². The summed E-state index contributed by atoms with van der Waals surface area (Å²) in [4.78, 5) is 54.7. The molecule has 3 aliphatic carbocycles. The molecule has 7 heteroatoms. The second-order valence-corrected chi connectivity index (χ2v) is 11.2. The minimum atomic E-state index is -0.718. The van der Waals surface area contributed by atoms with Gasteiger partial charge in [-0.2, -0.15) is 0 Å². The van der Waals surface area contributed by atoms with Crippen LogP contribution in [0.4, 0.5) is 11.4 Å². The second kappa shape index (κ2) is 9.80. The third-order valence-corrected chi connectivity index (χ3v) is 9.00. The van der Waals surface area contributed by atoms with Gasteiger partial charge in [0.2, 0.25) is 11.8 Å². The van der Waals surface area contributed by atoms with E-state index in [2.05, 4.69) is 29.6 Å². The minimum absolute atomic E-state index is 0.150. The molecule has 1 heterocycles. The van der Waals surface area contributed by atoms with Crippen LogP contribution in [0.2, 0.25) is 0 Å². The summed E-state index contributed by atoms with van der Waals surface area (Å²) in [5.41, 5.74) is 7.49. The van der Waals surface area contributed by atoms with Crippen molar-refractivity contribution in [2.24, 2.45) is 11.8 Å². The second-order valence-electron chi connectivity index (χ2n) is 11.2. The quantitative estimate of drug-likeness (QED) is 0.259. The van der Waals surface area contributed by atoms with Crippen molar-refractivity contribution in [2.75, 3.05) is 16.8 Å². The standard InChI is InChI=1S/C35H28N2O5/c1-19-9-7-16-27(20(19)2)36-28(38)18-42-35(41)21-10-8-11-22(17-21)37-33(39)31-29-23-12-3-4-13-24(23)30(32(31)34(37)40)26-15-6-5-14-25(26)29/h3-17,29-32H,18H2,1-2H3,(H,36,38)/t29?,30?,31-,32-/m0/s1. The smallest absolute Gasteiger partial charge is 0.338 e. The number of anilines is 2. The lowest BCUT2D eigenvalue weighted by atomic mass is 9.55. The maximum absolute atomic E-state index is 14.0. The predicted octanol–water partition coefficient (Wildman–Crippen LogP) is 5.50. The summed E-state index contributed by atoms with van der Waals surface area (Å²) in [5.74, 6) is -3.16. The Morgan fingerprint density at radius 1 is 0.738 bits per heavy atom. The summed E-state index contributed by atoms with van der Waals surface area (Å²) in [6, 6.07) is 28.0. The highest BCUT2D eigenvalue weighted by atomic mass is 16.5. The molecule has 1 fully saturated rings. The van der Waals surface area contributed by atoms with Gasteiger partial charge in [0.1, 0.15) is 0 Å². The van der Waals surface area contributed by atoms with Gasteiger partial charge in [-0.25, -0.2) is 9.69 Å². The van der Waals surface area contributed by atoms with E-state index in [0.29, 0.717) is 11.4 Å². The Morgan fingerprint density at radius 3 is 1.86 bits per heavy atom. The van der Waals surface area contributed by atoms with E-state index < -0.39 is 30.3 Å². The number of aryl methyl sites for hydroxylation is 1. The lowest BCUT2D eigenvalue weighted by molar-refractivity contribution is -0.122. The van der Waals surface area contributed by atoms with Crippen LogP contribution in [0.25, 0.3) is 0 Å². The van der Waals surface area contributed by atoms with Gasteiger partial charge in [0.25, 0.3) is 5.91 Å². The summed E-state index contributed by atoms with van der Waals surface area (Å²) < 4.78 is 5.29. The average molecular weight is 557 g/mol. The van der Waals surface area contributed by atoms with E-state index in [1.165, 1.54) is 11.0 Å². The predicted molar refractivity (Wildman–Crippen MR) is 157 cm³/mol. The fraction of sp³-hybridized carbons (Fsp3) is 0.200. The number of ether oxygens (including phenoxy) is 1. The van der Waals surface area contributed by atoms with Crippen molar-refractivity contribution in [3.8, 4) is 0 Å². The first-order chi connectivity index (χ1) is 20.3. The van der Waals surface area contributed by atoms with Crippen molar-refractivity contribution < 1.29 is 23.9 Å². The van der Waals surface area contributed by atoms with Crippen molar-refractivity contribution in [3.05, 3.63) is 130 Å². The molecule has 8 rings (SSSR count). The average Bonchev–Trinajstić information content (AvgIpc) is 3.28. The van der Waals surface area contributed by atoms with Crippen LogP contribution in [-0.2, 0) is 19.1 Å². The molecule has 4 aliphatic rings. The first-order valence-corrected chi connectivity index (χ1v) is 14.0. The van der Waals surface area contributed by atoms with E-state index >= 15 is 0 Å². The molecule has 4 aromatic carbocycles. The molecule has 3 amide bonds. The van der Waals surface area contributed by atoms with E-state index in [4.69, 9.17) is 4.74 Å². The lowest BCUT2D eigenvalue weighted by Gasteiger charge is -2.45. The molecule has 0 radical (unpaired) electrons. The Hall–Kier alpha value is -5.04. The minimum Gasteiger partial charge on any atom is -0.452 e. The number of benzene rings is 4. The highest BCUT2D eigenvalue weighted by molar-refractivity contribution is 6.23. The number of esters is 1. The van der Waals surface area contributed by atoms with Crippen LogP contribution in [-0.4, -0.2) is 30.3 Å². The van der Waals surface area contributed by atoms with E-state index in [1.807, 2.05) is 50.2 Å². The van der Waals surface area contributed by atoms with E-state index in [9.17, 15) is 19.2 Å². The Labute approximate surface area is 243 Å². The maximum atomic E-state index is 14.0. The number of nitrogens with zero attached hydrogens (tertiary/aromatic N) is 1. The van der Waals surface area contributed by atoms with Gasteiger partial charge >= 0.3 is 5.97 Å². The largest absolute Gasteiger partial charge is 0.452 e. The summed E-state index contributed by atoms with van der Waals surface area (Å²) in [6.07, 6.45) is 0. The molecule has 4 aromatic rings. The summed E-state index contributed by atoms with van der Waals surface area (Å²) in [7, 11) is 0. The highest BCUT2D eigenvalue weighted by Crippen LogP contribution is 2.61. The molecule has 1 saturated heterocycles. The zero-order valence-corrected chi connectivity index (χ0v) is 23.2. The molecule has 0 aromatic heterocycles. The number of hydrogen-bond acceptors (Lipinski definition) is 5. The highest BCUT2D eigenvalue weighted by Gasteiger charge is 2.61. The molecular formula is C35H28N2O5. The Kier molecular flexibility index (Phi) is 6.04. The van der Waals surface area contributed by atoms with Gasteiger partial charge in [0.05, 0.1) is 23.1 Å². The van der Waals surface area contributed by atoms with Crippen LogP contribution in [0.5, 0.6) is 0 Å². The third-order valence-electron chi connectivity index (χ3n) is 9.00. The van der Waals surface area contributed by atoms with Gasteiger partial charge in [-0.3, -0.25) is 14.4 Å². The van der Waals surface area contributed by atoms with Crippen molar-refractivity contribution in [1.29, 1.82) is 0 Å². The summed E-state index contributed by atoms with van der Waals surface area (Å²) >= 11 is 0. The zero-order chi connectivity index (χ0) is 29.1. The Bertz CT molecular complexity index is 1700. The van der Waals surface area contributed by atoms with E-state index in [-0.39, 0.29) is 29.2 Å². The number of rotatable bonds is 5. The molecule has 1 N–H and O–H groups in total. The molecular weight excluding hydrogens is 528 g/mol. The van der Waals surface area contributed by atoms with Gasteiger partial charge < -0.3 is 10.1 Å². The normalized spacial score (nSPS) is 21.4. The van der Waals surface area contributed by atoms with Gasteiger partial charge in [0.15, 0.2) is 6.61 Å². The topological polar surface area (TPSA) is 92.8 Å². The summed E-state index contributed by atoms with van der Waals surface area (Å²) in [5, 5.41) is 2.77. The third kappa shape index (κ3) is 3.88. The molecule has 42 heavy (non-hydrogen) atoms. The molecule has 0 unspecified atom stereocenters. The van der Waals surface area contributed by atoms with E-state index in [0.717, 1.165) is 33.4 Å². The summed E-state index contributed by atoms with van der Waals surface area (Å²) in [6.45, 7) is 3.38. The number of carbonyl (C=O) groups is 4. The zero-order valence-electron chi connectivity index (χ0n) is 23.2. The monoisotopic (exact) mass is 556 g/mol. The van der Waals surface area contributed by atoms with Gasteiger partial charge in [-0.1, -0.05) is 66.7 Å². The number of hydrogen-bond donors (Lipinski definition) is 1. The number of imide groups is 1. The number of nitrogens with one attached hydrogen (secondary N) is 1. The SMILES string of the molecule is Cc1cccc(NC(=O)COC(=O)c2cccc(N3C(=O)[C@H]4C5c6ccccc6C(c6ccccc65)[C@@H]4C3=O)c2)c1C. The first kappa shape index (κ1) is 25.9. The van der Waals surface area contributed by atoms with Crippen LogP contribution in [0, 0.1) is 25.7 Å². The molecule has 2 bridgehead atoms. The molecule has 0 saturated carbocycles. The maximum Gasteiger partial charge on any atom is 0.338 e. The van der Waals surface area contributed by atoms with Gasteiger partial charge in [-0.15, -0.1) is 0 Å². The molecule has 0 spiro atoms. The Morgan fingerprint density at radius 2 is 1.29 bits per heavy atom. The fourth-order valence-corrected chi connectivity index (χ4v) is 6.99. The van der Waals surface area contributed by atoms with Crippen molar-refractivity contribution in [2.45, 2.75) is 25.7 Å². The van der Waals surface area contributed by atoms with Crippen LogP contribution < -0.4 is 10.2 Å². The van der Waals surface area contributed by atoms with Crippen molar-refractivity contribution in [1.82, 2.24) is 0 Å². The lowest BCUT2D eigenvalue weighted by Crippen LogP contribution is -2.41. The Balaban J connectivity index is 1.13. The molecule has 7 nitrogen and oxygen atoms in total. The van der Waals surface area contributed by atoms with Crippen LogP contribution in [0.3, 0.4) is 0 Å². The van der Waals surface area contributed by atoms with Crippen molar-refractivity contribution in [3.63, 3.8) is 0 Å². The van der Waals surface area contributed by atoms with Gasteiger partial charge in [-0.05, 0) is 71.5 Å². The first-order valence-electron chi connectivity index (χ1n) is 14.0. The number of amides is 3. The van der Waals surface area contributed by atoms with Crippen LogP contribution >= 0.6 is 0 Å². The number of carbonyl (C=O) groups excluding carboxylic acids is 4.